The summed E-state index contributed by atoms with van der Waals surface area (Å²) in [5.74, 6) is -1.36. The average molecular weight is 197 g/mol. The second-order valence-corrected chi connectivity index (χ2v) is 3.16. The van der Waals surface area contributed by atoms with Crippen LogP contribution in [0, 0.1) is 0 Å². The van der Waals surface area contributed by atoms with Crippen molar-refractivity contribution in [2.75, 3.05) is 0 Å². The summed E-state index contributed by atoms with van der Waals surface area (Å²) in [5.41, 5.74) is 3.84. The van der Waals surface area contributed by atoms with Gasteiger partial charge >= 0.3 is 5.97 Å². The summed E-state index contributed by atoms with van der Waals surface area (Å²) in [4.78, 5) is 10.9. The van der Waals surface area contributed by atoms with Gasteiger partial charge in [0, 0.05) is 0 Å². The minimum atomic E-state index is -1.96. The number of alkyl halides is 1. The van der Waals surface area contributed by atoms with E-state index in [1.807, 2.05) is 0 Å². The molecular formula is C10H12FNO2. The molecule has 76 valence electrons. The number of carboxylic acids is 1. The SMILES string of the molecule is CC(F)C(N)(C(=O)O)c1ccccc1. The molecule has 0 heterocycles. The summed E-state index contributed by atoms with van der Waals surface area (Å²) in [6.45, 7) is 1.14. The fraction of sp³-hybridized carbons (Fsp3) is 0.300. The highest BCUT2D eigenvalue weighted by atomic mass is 19.1. The van der Waals surface area contributed by atoms with E-state index in [-0.39, 0.29) is 5.56 Å². The first-order valence-corrected chi connectivity index (χ1v) is 4.21. The van der Waals surface area contributed by atoms with Crippen molar-refractivity contribution in [3.8, 4) is 0 Å². The Hall–Kier alpha value is -1.42. The van der Waals surface area contributed by atoms with Crippen molar-refractivity contribution in [1.29, 1.82) is 0 Å². The van der Waals surface area contributed by atoms with Crippen LogP contribution in [-0.2, 0) is 10.3 Å². The molecule has 1 rings (SSSR count). The van der Waals surface area contributed by atoms with E-state index in [0.29, 0.717) is 0 Å². The maximum absolute atomic E-state index is 13.2. The summed E-state index contributed by atoms with van der Waals surface area (Å²) in [6, 6.07) is 7.98. The number of carbonyl (C=O) groups is 1. The first-order chi connectivity index (χ1) is 6.49. The van der Waals surface area contributed by atoms with Crippen LogP contribution < -0.4 is 5.73 Å². The van der Waals surface area contributed by atoms with Gasteiger partial charge in [-0.25, -0.2) is 9.18 Å². The number of carboxylic acid groups (broad SMARTS) is 1. The molecule has 2 atom stereocenters. The molecule has 0 spiro atoms. The fourth-order valence-corrected chi connectivity index (χ4v) is 1.24. The number of rotatable bonds is 3. The molecule has 1 aromatic rings. The molecule has 0 saturated carbocycles. The number of aliphatic carboxylic acids is 1. The fourth-order valence-electron chi connectivity index (χ4n) is 1.24. The minimum absolute atomic E-state index is 0.266. The first-order valence-electron chi connectivity index (χ1n) is 4.21. The van der Waals surface area contributed by atoms with E-state index >= 15 is 0 Å². The maximum atomic E-state index is 13.2. The molecule has 4 heteroatoms. The predicted molar refractivity (Wildman–Crippen MR) is 50.5 cm³/mol. The third kappa shape index (κ3) is 1.61. The van der Waals surface area contributed by atoms with Gasteiger partial charge in [-0.05, 0) is 12.5 Å². The van der Waals surface area contributed by atoms with Crippen LogP contribution in [0.2, 0.25) is 0 Å². The van der Waals surface area contributed by atoms with E-state index in [1.165, 1.54) is 12.1 Å². The Bertz CT molecular complexity index is 326. The van der Waals surface area contributed by atoms with Gasteiger partial charge in [0.2, 0.25) is 0 Å². The van der Waals surface area contributed by atoms with E-state index < -0.39 is 17.7 Å². The van der Waals surface area contributed by atoms with Crippen LogP contribution in [0.3, 0.4) is 0 Å². The Morgan fingerprint density at radius 2 is 2.00 bits per heavy atom. The molecule has 3 N–H and O–H groups in total. The van der Waals surface area contributed by atoms with Crippen molar-refractivity contribution in [3.05, 3.63) is 35.9 Å². The Morgan fingerprint density at radius 3 is 2.36 bits per heavy atom. The first kappa shape index (κ1) is 10.7. The topological polar surface area (TPSA) is 63.3 Å². The Labute approximate surface area is 81.4 Å². The zero-order valence-electron chi connectivity index (χ0n) is 7.77. The molecule has 0 bridgehead atoms. The highest BCUT2D eigenvalue weighted by Gasteiger charge is 2.42. The summed E-state index contributed by atoms with van der Waals surface area (Å²) in [7, 11) is 0. The molecule has 0 fully saturated rings. The van der Waals surface area contributed by atoms with Gasteiger partial charge in [0.1, 0.15) is 6.17 Å². The minimum Gasteiger partial charge on any atom is -0.480 e. The van der Waals surface area contributed by atoms with E-state index in [9.17, 15) is 9.18 Å². The van der Waals surface area contributed by atoms with Crippen LogP contribution in [-0.4, -0.2) is 17.2 Å². The van der Waals surface area contributed by atoms with Crippen LogP contribution >= 0.6 is 0 Å². The zero-order chi connectivity index (χ0) is 10.8. The van der Waals surface area contributed by atoms with E-state index in [1.54, 1.807) is 18.2 Å². The summed E-state index contributed by atoms with van der Waals surface area (Å²) in [6.07, 6.45) is -1.65. The lowest BCUT2D eigenvalue weighted by Gasteiger charge is -2.26. The molecule has 0 aromatic heterocycles. The van der Waals surface area contributed by atoms with Gasteiger partial charge in [0.05, 0.1) is 0 Å². The number of nitrogens with two attached hydrogens (primary N) is 1. The third-order valence-electron chi connectivity index (χ3n) is 2.23. The highest BCUT2D eigenvalue weighted by molar-refractivity contribution is 5.81. The molecule has 2 unspecified atom stereocenters. The van der Waals surface area contributed by atoms with Gasteiger partial charge in [-0.15, -0.1) is 0 Å². The van der Waals surface area contributed by atoms with Crippen molar-refractivity contribution in [2.24, 2.45) is 5.73 Å². The third-order valence-corrected chi connectivity index (χ3v) is 2.23. The lowest BCUT2D eigenvalue weighted by Crippen LogP contribution is -2.51. The monoisotopic (exact) mass is 197 g/mol. The molecule has 0 aliphatic rings. The smallest absolute Gasteiger partial charge is 0.331 e. The van der Waals surface area contributed by atoms with Gasteiger partial charge in [0.15, 0.2) is 5.54 Å². The predicted octanol–water partition coefficient (Wildman–Crippen LogP) is 1.28. The molecule has 1 aromatic carbocycles. The van der Waals surface area contributed by atoms with Crippen LogP contribution in [0.5, 0.6) is 0 Å². The van der Waals surface area contributed by atoms with Crippen molar-refractivity contribution >= 4 is 5.97 Å². The van der Waals surface area contributed by atoms with Crippen LogP contribution in [0.25, 0.3) is 0 Å². The quantitative estimate of drug-likeness (QED) is 0.767. The Kier molecular flexibility index (Phi) is 2.86. The molecule has 0 aliphatic heterocycles. The van der Waals surface area contributed by atoms with Crippen LogP contribution in [0.15, 0.2) is 30.3 Å². The number of hydrogen-bond donors (Lipinski definition) is 2. The summed E-state index contributed by atoms with van der Waals surface area (Å²) < 4.78 is 13.2. The van der Waals surface area contributed by atoms with Crippen LogP contribution in [0.4, 0.5) is 4.39 Å². The van der Waals surface area contributed by atoms with Crippen molar-refractivity contribution in [3.63, 3.8) is 0 Å². The van der Waals surface area contributed by atoms with E-state index in [2.05, 4.69) is 0 Å². The molecule has 0 saturated heterocycles. The number of benzene rings is 1. The Morgan fingerprint density at radius 1 is 1.50 bits per heavy atom. The van der Waals surface area contributed by atoms with Crippen molar-refractivity contribution in [2.45, 2.75) is 18.6 Å². The highest BCUT2D eigenvalue weighted by Crippen LogP contribution is 2.24. The van der Waals surface area contributed by atoms with Gasteiger partial charge < -0.3 is 10.8 Å². The standard InChI is InChI=1S/C10H12FNO2/c1-7(11)10(12,9(13)14)8-5-3-2-4-6-8/h2-7H,12H2,1H3,(H,13,14). The van der Waals surface area contributed by atoms with Crippen molar-refractivity contribution < 1.29 is 14.3 Å². The van der Waals surface area contributed by atoms with Crippen LogP contribution in [0.1, 0.15) is 12.5 Å². The molecule has 14 heavy (non-hydrogen) atoms. The second-order valence-electron chi connectivity index (χ2n) is 3.16. The van der Waals surface area contributed by atoms with Crippen molar-refractivity contribution in [1.82, 2.24) is 0 Å². The summed E-state index contributed by atoms with van der Waals surface area (Å²) >= 11 is 0. The lowest BCUT2D eigenvalue weighted by molar-refractivity contribution is -0.146. The van der Waals surface area contributed by atoms with Gasteiger partial charge in [-0.1, -0.05) is 30.3 Å². The van der Waals surface area contributed by atoms with Gasteiger partial charge in [-0.2, -0.15) is 0 Å². The molecule has 0 aliphatic carbocycles. The molecule has 0 radical (unpaired) electrons. The summed E-state index contributed by atoms with van der Waals surface area (Å²) in [5, 5.41) is 8.89. The Balaban J connectivity index is 3.20. The van der Waals surface area contributed by atoms with E-state index in [4.69, 9.17) is 10.8 Å². The molecule has 3 nitrogen and oxygen atoms in total. The molecular weight excluding hydrogens is 185 g/mol. The number of halogens is 1. The van der Waals surface area contributed by atoms with E-state index in [0.717, 1.165) is 6.92 Å². The second kappa shape index (κ2) is 3.75. The maximum Gasteiger partial charge on any atom is 0.331 e. The zero-order valence-corrected chi connectivity index (χ0v) is 7.77. The number of hydrogen-bond acceptors (Lipinski definition) is 2. The van der Waals surface area contributed by atoms with Gasteiger partial charge in [-0.3, -0.25) is 0 Å². The van der Waals surface area contributed by atoms with Gasteiger partial charge in [0.25, 0.3) is 0 Å². The molecule has 0 amide bonds. The average Bonchev–Trinajstić information content (AvgIpc) is 2.17. The largest absolute Gasteiger partial charge is 0.480 e. The lowest BCUT2D eigenvalue weighted by atomic mass is 9.87. The normalized spacial score (nSPS) is 17.1.